The first-order valence-electron chi connectivity index (χ1n) is 6.59. The van der Waals surface area contributed by atoms with Crippen molar-refractivity contribution in [3.05, 3.63) is 28.2 Å². The van der Waals surface area contributed by atoms with Crippen LogP contribution in [0.25, 0.3) is 0 Å². The molecular formula is C14H19BrN2O2. The summed E-state index contributed by atoms with van der Waals surface area (Å²) < 4.78 is 0.760. The van der Waals surface area contributed by atoms with Gasteiger partial charge in [0.25, 0.3) is 5.91 Å². The number of amides is 1. The van der Waals surface area contributed by atoms with Crippen LogP contribution in [-0.2, 0) is 0 Å². The number of halogens is 1. The van der Waals surface area contributed by atoms with Crippen LogP contribution in [-0.4, -0.2) is 42.1 Å². The van der Waals surface area contributed by atoms with Crippen LogP contribution in [0, 0.1) is 5.92 Å². The number of nitrogens with zero attached hydrogens (tertiary/aromatic N) is 1. The van der Waals surface area contributed by atoms with Crippen LogP contribution >= 0.6 is 15.9 Å². The second-order valence-electron chi connectivity index (χ2n) is 4.92. The molecule has 0 spiro atoms. The normalized spacial score (nSPS) is 19.6. The Balaban J connectivity index is 1.88. The molecule has 2 N–H and O–H groups in total. The van der Waals surface area contributed by atoms with Gasteiger partial charge in [0.15, 0.2) is 0 Å². The fraction of sp³-hybridized carbons (Fsp3) is 0.500. The zero-order valence-electron chi connectivity index (χ0n) is 11.0. The predicted octanol–water partition coefficient (Wildman–Crippen LogP) is 2.23. The number of hydrogen-bond acceptors (Lipinski definition) is 3. The molecule has 1 aliphatic rings. The molecule has 1 aromatic rings. The molecule has 4 nitrogen and oxygen atoms in total. The largest absolute Gasteiger partial charge is 0.507 e. The molecule has 0 bridgehead atoms. The van der Waals surface area contributed by atoms with E-state index >= 15 is 0 Å². The highest BCUT2D eigenvalue weighted by Gasteiger charge is 2.22. The predicted molar refractivity (Wildman–Crippen MR) is 78.4 cm³/mol. The lowest BCUT2D eigenvalue weighted by Gasteiger charge is -2.14. The third-order valence-electron chi connectivity index (χ3n) is 3.57. The van der Waals surface area contributed by atoms with Gasteiger partial charge in [0.1, 0.15) is 5.75 Å². The molecule has 19 heavy (non-hydrogen) atoms. The summed E-state index contributed by atoms with van der Waals surface area (Å²) >= 11 is 3.26. The maximum Gasteiger partial charge on any atom is 0.255 e. The van der Waals surface area contributed by atoms with Crippen molar-refractivity contribution < 1.29 is 9.90 Å². The number of carbonyl (C=O) groups is 1. The third-order valence-corrected chi connectivity index (χ3v) is 4.07. The Morgan fingerprint density at radius 2 is 2.37 bits per heavy atom. The first-order valence-corrected chi connectivity index (χ1v) is 7.38. The smallest absolute Gasteiger partial charge is 0.255 e. The summed E-state index contributed by atoms with van der Waals surface area (Å²) in [5.41, 5.74) is 0.327. The Hall–Kier alpha value is -1.07. The van der Waals surface area contributed by atoms with Crippen molar-refractivity contribution in [3.63, 3.8) is 0 Å². The minimum absolute atomic E-state index is 0.00785. The van der Waals surface area contributed by atoms with Gasteiger partial charge in [0.2, 0.25) is 0 Å². The average molecular weight is 327 g/mol. The number of hydrogen-bond donors (Lipinski definition) is 2. The molecule has 1 fully saturated rings. The molecule has 1 aromatic carbocycles. The molecule has 1 amide bonds. The summed E-state index contributed by atoms with van der Waals surface area (Å²) in [5, 5.41) is 12.6. The van der Waals surface area contributed by atoms with E-state index in [9.17, 15) is 9.90 Å². The van der Waals surface area contributed by atoms with Crippen LogP contribution in [0.5, 0.6) is 5.75 Å². The first kappa shape index (κ1) is 14.3. The van der Waals surface area contributed by atoms with Crippen molar-refractivity contribution in [1.82, 2.24) is 10.2 Å². The van der Waals surface area contributed by atoms with Gasteiger partial charge in [-0.2, -0.15) is 0 Å². The van der Waals surface area contributed by atoms with Crippen molar-refractivity contribution in [2.75, 3.05) is 26.2 Å². The topological polar surface area (TPSA) is 52.6 Å². The van der Waals surface area contributed by atoms with Crippen molar-refractivity contribution in [3.8, 4) is 5.75 Å². The summed E-state index contributed by atoms with van der Waals surface area (Å²) in [6.45, 7) is 6.05. The number of carbonyl (C=O) groups excluding carboxylic acids is 1. The average Bonchev–Trinajstić information content (AvgIpc) is 2.84. The fourth-order valence-corrected chi connectivity index (χ4v) is 2.74. The van der Waals surface area contributed by atoms with E-state index in [4.69, 9.17) is 0 Å². The molecule has 1 atom stereocenters. The molecule has 0 aromatic heterocycles. The number of aromatic hydroxyl groups is 1. The molecule has 1 heterocycles. The van der Waals surface area contributed by atoms with E-state index in [1.54, 1.807) is 12.1 Å². The third kappa shape index (κ3) is 3.70. The van der Waals surface area contributed by atoms with E-state index in [1.807, 2.05) is 0 Å². The van der Waals surface area contributed by atoms with Crippen molar-refractivity contribution in [2.45, 2.75) is 13.3 Å². The fourth-order valence-electron chi connectivity index (χ4n) is 2.40. The van der Waals surface area contributed by atoms with Gasteiger partial charge in [-0.25, -0.2) is 0 Å². The summed E-state index contributed by atoms with van der Waals surface area (Å²) in [6, 6.07) is 4.91. The van der Waals surface area contributed by atoms with Crippen molar-refractivity contribution in [2.24, 2.45) is 5.92 Å². The lowest BCUT2D eigenvalue weighted by atomic mass is 10.1. The summed E-state index contributed by atoms with van der Waals surface area (Å²) in [5.74, 6) is 0.315. The van der Waals surface area contributed by atoms with E-state index in [1.165, 1.54) is 6.07 Å². The second kappa shape index (κ2) is 6.39. The molecule has 1 unspecified atom stereocenters. The number of nitrogens with one attached hydrogen (secondary N) is 1. The second-order valence-corrected chi connectivity index (χ2v) is 5.84. The number of rotatable bonds is 4. The van der Waals surface area contributed by atoms with Gasteiger partial charge in [-0.05, 0) is 43.6 Å². The van der Waals surface area contributed by atoms with E-state index in [2.05, 4.69) is 33.1 Å². The Kier molecular flexibility index (Phi) is 4.82. The van der Waals surface area contributed by atoms with Crippen molar-refractivity contribution >= 4 is 21.8 Å². The monoisotopic (exact) mass is 326 g/mol. The Morgan fingerprint density at radius 3 is 3.00 bits per heavy atom. The van der Waals surface area contributed by atoms with Crippen molar-refractivity contribution in [1.29, 1.82) is 0 Å². The standard InChI is InChI=1S/C14H19BrN2O2/c1-2-17-6-5-10(9-17)8-16-14(19)12-4-3-11(15)7-13(12)18/h3-4,7,10,18H,2,5-6,8-9H2,1H3,(H,16,19). The Labute approximate surface area is 121 Å². The molecule has 2 rings (SSSR count). The van der Waals surface area contributed by atoms with Gasteiger partial charge in [-0.3, -0.25) is 4.79 Å². The van der Waals surface area contributed by atoms with Gasteiger partial charge in [0.05, 0.1) is 5.56 Å². The minimum atomic E-state index is -0.208. The highest BCUT2D eigenvalue weighted by molar-refractivity contribution is 9.10. The van der Waals surface area contributed by atoms with Crippen LogP contribution in [0.3, 0.4) is 0 Å². The molecule has 104 valence electrons. The minimum Gasteiger partial charge on any atom is -0.507 e. The molecule has 0 radical (unpaired) electrons. The number of phenolic OH excluding ortho intramolecular Hbond substituents is 1. The van der Waals surface area contributed by atoms with E-state index in [0.717, 1.165) is 30.5 Å². The zero-order chi connectivity index (χ0) is 13.8. The number of likely N-dealkylation sites (tertiary alicyclic amines) is 1. The molecule has 0 aliphatic carbocycles. The van der Waals surface area contributed by atoms with Gasteiger partial charge in [-0.15, -0.1) is 0 Å². The van der Waals surface area contributed by atoms with E-state index in [-0.39, 0.29) is 11.7 Å². The quantitative estimate of drug-likeness (QED) is 0.892. The van der Waals surface area contributed by atoms with Gasteiger partial charge in [0, 0.05) is 17.6 Å². The molecule has 5 heteroatoms. The Bertz CT molecular complexity index is 465. The van der Waals surface area contributed by atoms with Gasteiger partial charge in [-0.1, -0.05) is 22.9 Å². The lowest BCUT2D eigenvalue weighted by molar-refractivity contribution is 0.0945. The SMILES string of the molecule is CCN1CCC(CNC(=O)c2ccc(Br)cc2O)C1. The highest BCUT2D eigenvalue weighted by atomic mass is 79.9. The molecule has 1 aliphatic heterocycles. The summed E-state index contributed by atoms with van der Waals surface area (Å²) in [4.78, 5) is 14.4. The highest BCUT2D eigenvalue weighted by Crippen LogP contribution is 2.22. The summed E-state index contributed by atoms with van der Waals surface area (Å²) in [7, 11) is 0. The van der Waals surface area contributed by atoms with Crippen LogP contribution < -0.4 is 5.32 Å². The maximum absolute atomic E-state index is 12.0. The zero-order valence-corrected chi connectivity index (χ0v) is 12.6. The molecule has 0 saturated carbocycles. The van der Waals surface area contributed by atoms with Crippen LogP contribution in [0.4, 0.5) is 0 Å². The van der Waals surface area contributed by atoms with Gasteiger partial charge >= 0.3 is 0 Å². The maximum atomic E-state index is 12.0. The van der Waals surface area contributed by atoms with Crippen LogP contribution in [0.15, 0.2) is 22.7 Å². The van der Waals surface area contributed by atoms with Crippen LogP contribution in [0.2, 0.25) is 0 Å². The number of benzene rings is 1. The number of phenols is 1. The van der Waals surface area contributed by atoms with E-state index < -0.39 is 0 Å². The molecular weight excluding hydrogens is 308 g/mol. The first-order chi connectivity index (χ1) is 9.10. The lowest BCUT2D eigenvalue weighted by Crippen LogP contribution is -2.31. The van der Waals surface area contributed by atoms with E-state index in [0.29, 0.717) is 18.0 Å². The van der Waals surface area contributed by atoms with Gasteiger partial charge < -0.3 is 15.3 Å². The molecule has 1 saturated heterocycles. The summed E-state index contributed by atoms with van der Waals surface area (Å²) in [6.07, 6.45) is 1.13. The Morgan fingerprint density at radius 1 is 1.58 bits per heavy atom. The van der Waals surface area contributed by atoms with Crippen LogP contribution in [0.1, 0.15) is 23.7 Å².